The van der Waals surface area contributed by atoms with Crippen LogP contribution in [0.5, 0.6) is 0 Å². The van der Waals surface area contributed by atoms with Gasteiger partial charge in [-0.3, -0.25) is 0 Å². The van der Waals surface area contributed by atoms with Crippen LogP contribution in [0.25, 0.3) is 0 Å². The third kappa shape index (κ3) is 27.7. The second-order valence-corrected chi connectivity index (χ2v) is 27.1. The van der Waals surface area contributed by atoms with Gasteiger partial charge in [-0.15, -0.1) is 0 Å². The molecule has 7 rings (SSSR count). The predicted octanol–water partition coefficient (Wildman–Crippen LogP) is 27.6. The molecule has 0 saturated heterocycles. The summed E-state index contributed by atoms with van der Waals surface area (Å²) < 4.78 is 88.2. The Morgan fingerprint density at radius 2 is 0.581 bits per heavy atom. The van der Waals surface area contributed by atoms with E-state index in [1.807, 2.05) is 302 Å². The Balaban J connectivity index is 0.000000570. The van der Waals surface area contributed by atoms with E-state index >= 15 is 0 Å². The predicted molar refractivity (Wildman–Crippen MR) is 392 cm³/mol. The van der Waals surface area contributed by atoms with Crippen LogP contribution in [0.2, 0.25) is 0 Å². The molecule has 474 valence electrons. The summed E-state index contributed by atoms with van der Waals surface area (Å²) in [5.41, 5.74) is 20.7. The fraction of sp³-hybridized carbons (Fsp3) is 0.512. The van der Waals surface area contributed by atoms with Crippen molar-refractivity contribution in [1.82, 2.24) is 0 Å². The molecule has 0 radical (unpaired) electrons. The first kappa shape index (κ1) is 60.8. The summed E-state index contributed by atoms with van der Waals surface area (Å²) >= 11 is 0. The summed E-state index contributed by atoms with van der Waals surface area (Å²) in [5.74, 6) is -6.21. The van der Waals surface area contributed by atoms with Crippen molar-refractivity contribution in [1.29, 1.82) is 0 Å². The summed E-state index contributed by atoms with van der Waals surface area (Å²) in [5, 5.41) is 0. The summed E-state index contributed by atoms with van der Waals surface area (Å²) in [6.07, 6.45) is 0. The van der Waals surface area contributed by atoms with Crippen LogP contribution in [0, 0.1) is 48.5 Å². The first-order chi connectivity index (χ1) is 43.1. The second kappa shape index (κ2) is 38.1. The average molecular weight is 1180 g/mol. The molecule has 0 amide bonds. The minimum absolute atomic E-state index is 0.0354. The molecule has 0 atom stereocenters. The zero-order valence-corrected chi connectivity index (χ0v) is 60.8. The van der Waals surface area contributed by atoms with Gasteiger partial charge >= 0.3 is 0 Å². The molecule has 0 aliphatic carbocycles. The maximum absolute atomic E-state index is 8.35. The van der Waals surface area contributed by atoms with E-state index in [0.717, 1.165) is 83.5 Å². The smallest absolute Gasteiger partial charge is 0.0347 e. The number of hydrogen-bond donors (Lipinski definition) is 0. The van der Waals surface area contributed by atoms with E-state index in [0.29, 0.717) is 0 Å². The first-order valence-corrected chi connectivity index (χ1v) is 31.3. The molecule has 0 nitrogen and oxygen atoms in total. The van der Waals surface area contributed by atoms with Gasteiger partial charge in [-0.2, -0.15) is 0 Å². The number of rotatable bonds is 11. The largest absolute Gasteiger partial charge is 0.0620 e. The molecule has 0 N–H and O–H groups in total. The molecule has 7 aromatic rings. The van der Waals surface area contributed by atoms with E-state index in [-0.39, 0.29) is 5.41 Å². The third-order valence-corrected chi connectivity index (χ3v) is 15.3. The van der Waals surface area contributed by atoms with Crippen LogP contribution in [0.4, 0.5) is 0 Å². The molecule has 86 heavy (non-hydrogen) atoms. The Kier molecular flexibility index (Phi) is 26.9. The van der Waals surface area contributed by atoms with E-state index in [9.17, 15) is 0 Å². The highest BCUT2D eigenvalue weighted by Crippen LogP contribution is 2.34. The summed E-state index contributed by atoms with van der Waals surface area (Å²) in [7, 11) is 0. The van der Waals surface area contributed by atoms with E-state index in [4.69, 9.17) is 15.1 Å². The number of benzene rings is 7. The summed E-state index contributed by atoms with van der Waals surface area (Å²) in [6.45, 7) is 62.5. The van der Waals surface area contributed by atoms with Crippen LogP contribution >= 0.6 is 0 Å². The van der Waals surface area contributed by atoms with E-state index in [1.165, 1.54) is 22.3 Å². The van der Waals surface area contributed by atoms with Crippen LogP contribution < -0.4 is 0 Å². The van der Waals surface area contributed by atoms with Crippen LogP contribution in [-0.4, -0.2) is 0 Å². The Labute approximate surface area is 549 Å². The lowest BCUT2D eigenvalue weighted by Crippen LogP contribution is -2.14. The Hall–Kier alpha value is -5.46. The average Bonchev–Trinajstić information content (AvgIpc) is 0.815. The molecule has 0 spiro atoms. The van der Waals surface area contributed by atoms with Crippen molar-refractivity contribution in [2.75, 3.05) is 0 Å². The van der Waals surface area contributed by atoms with Gasteiger partial charge in [0.2, 0.25) is 0 Å². The van der Waals surface area contributed by atoms with Gasteiger partial charge in [0.05, 0.1) is 0 Å². The molecule has 0 aromatic heterocycles. The minimum atomic E-state index is -0.634. The van der Waals surface area contributed by atoms with Crippen molar-refractivity contribution in [2.45, 2.75) is 292 Å². The topological polar surface area (TPSA) is 0 Å². The van der Waals surface area contributed by atoms with Gasteiger partial charge < -0.3 is 0 Å². The van der Waals surface area contributed by atoms with Gasteiger partial charge in [-0.05, 0) is 208 Å². The monoisotopic (exact) mass is 1170 g/mol. The number of hydrogen-bond acceptors (Lipinski definition) is 0. The van der Waals surface area contributed by atoms with Crippen molar-refractivity contribution in [3.8, 4) is 0 Å². The fourth-order valence-corrected chi connectivity index (χ4v) is 9.71. The quantitative estimate of drug-likeness (QED) is 0.121. The molecule has 0 bridgehead atoms. The van der Waals surface area contributed by atoms with Gasteiger partial charge in [-0.1, -0.05) is 329 Å². The molecule has 0 heteroatoms. The van der Waals surface area contributed by atoms with Crippen LogP contribution in [0.3, 0.4) is 0 Å². The molecule has 0 aliphatic heterocycles. The minimum Gasteiger partial charge on any atom is -0.0620 e. The van der Waals surface area contributed by atoms with Crippen molar-refractivity contribution < 1.29 is 15.1 Å². The highest BCUT2D eigenvalue weighted by molar-refractivity contribution is 5.44. The van der Waals surface area contributed by atoms with Crippen molar-refractivity contribution in [3.05, 3.63) is 245 Å². The van der Waals surface area contributed by atoms with Gasteiger partial charge in [-0.25, -0.2) is 0 Å². The molecular weight excluding hydrogens is 1030 g/mol. The van der Waals surface area contributed by atoms with Crippen molar-refractivity contribution >= 4 is 0 Å². The Morgan fingerprint density at radius 1 is 0.244 bits per heavy atom. The normalized spacial score (nSPS) is 14.4. The zero-order valence-electron chi connectivity index (χ0n) is 71.8. The lowest BCUT2D eigenvalue weighted by Gasteiger charge is -2.25. The molecule has 0 heterocycles. The molecular formula is C86H130. The van der Waals surface area contributed by atoms with Gasteiger partial charge in [0.1, 0.15) is 0 Å². The molecule has 0 aliphatic rings. The zero-order chi connectivity index (χ0) is 76.2. The van der Waals surface area contributed by atoms with Crippen molar-refractivity contribution in [3.63, 3.8) is 0 Å². The molecule has 0 fully saturated rings. The van der Waals surface area contributed by atoms with Gasteiger partial charge in [0.25, 0.3) is 0 Å². The highest BCUT2D eigenvalue weighted by Gasteiger charge is 2.20. The molecule has 0 unspecified atom stereocenters. The fourth-order valence-electron chi connectivity index (χ4n) is 9.71. The van der Waals surface area contributed by atoms with Gasteiger partial charge in [0, 0.05) is 15.1 Å². The lowest BCUT2D eigenvalue weighted by molar-refractivity contribution is 0.586. The maximum Gasteiger partial charge on any atom is 0.0347 e. The Bertz CT molecular complexity index is 3460. The maximum atomic E-state index is 8.35. The van der Waals surface area contributed by atoms with Crippen molar-refractivity contribution in [2.24, 2.45) is 0 Å². The van der Waals surface area contributed by atoms with Gasteiger partial charge in [0.15, 0.2) is 0 Å². The lowest BCUT2D eigenvalue weighted by atomic mass is 9.80. The third-order valence-electron chi connectivity index (χ3n) is 15.3. The van der Waals surface area contributed by atoms with E-state index < -0.39 is 64.8 Å². The summed E-state index contributed by atoms with van der Waals surface area (Å²) in [6, 6.07) is 46.5. The SMILES string of the molecule is [2H]C(C)(C)c1cc(C(C)(C)C)cc(C([2H])(C)C)c1C.[2H]C(C)(C)c1cc(C)cc(C([2H])(C)C)c1.[2H]C(C)(C)c1ccc(C)c(C([2H])(C)C)c1.[2H]C(C)(C)c1ccc(C)cc1.[2H]C(C)(C)c1cccc(C([2H])(C)C)c1C.[2H]C(C)(C)c1cccc(C)c1.[2H]C(C)(C)c1ccccc1C. The molecule has 7 aromatic carbocycles. The number of aryl methyl sites for hydroxylation is 5. The van der Waals surface area contributed by atoms with Crippen LogP contribution in [-0.2, 0) is 5.41 Å². The molecule has 0 saturated carbocycles. The summed E-state index contributed by atoms with van der Waals surface area (Å²) in [4.78, 5) is 0. The van der Waals surface area contributed by atoms with Crippen LogP contribution in [0.15, 0.2) is 140 Å². The highest BCUT2D eigenvalue weighted by atomic mass is 14.2. The van der Waals surface area contributed by atoms with Crippen LogP contribution in [0.1, 0.15) is 359 Å². The van der Waals surface area contributed by atoms with E-state index in [1.54, 1.807) is 0 Å². The Morgan fingerprint density at radius 3 is 0.930 bits per heavy atom. The first-order valence-electron chi connectivity index (χ1n) is 36.8. The van der Waals surface area contributed by atoms with E-state index in [2.05, 4.69) is 58.9 Å². The second-order valence-electron chi connectivity index (χ2n) is 27.1. The standard InChI is InChI=1S/C17H28.3C13H20.3C10H14/c1-11(2)15-9-14(17(6,7)8)10-16(12(3)4)13(15)5;1-9(2)12-6-11(5)7-13(8-12)10(3)4;1-9(2)12-7-6-11(5)13(8-12)10(3)4;1-9(2)12-7-6-8-13(10(3)4)11(12)5;1-8(2)10-6-4-9(3)5-7-10;1-8(2)10-6-4-5-9(3)7-10;1-8(2)10-7-5-4-6-9(10)3/h9-12H,1-8H3;3*6-10H,1-5H3;3*4-8H,1-3H3/i11D,12D;3*9D,10D;3*8D.